The maximum Gasteiger partial charge on any atom is 0.149 e. The van der Waals surface area contributed by atoms with Crippen LogP contribution in [0.25, 0.3) is 16.6 Å². The Morgan fingerprint density at radius 3 is 2.61 bits per heavy atom. The van der Waals surface area contributed by atoms with Crippen LogP contribution in [0.3, 0.4) is 0 Å². The molecule has 0 amide bonds. The fourth-order valence-electron chi connectivity index (χ4n) is 3.05. The Hall–Kier alpha value is -3.18. The van der Waals surface area contributed by atoms with E-state index in [9.17, 15) is 0 Å². The predicted molar refractivity (Wildman–Crippen MR) is 116 cm³/mol. The van der Waals surface area contributed by atoms with Gasteiger partial charge in [-0.2, -0.15) is 10.2 Å². The molecule has 0 fully saturated rings. The van der Waals surface area contributed by atoms with Gasteiger partial charge < -0.3 is 0 Å². The topological polar surface area (TPSA) is 55.1 Å². The molecular weight excluding hydrogens is 370 g/mol. The molecule has 1 N–H and O–H groups in total. The number of nitrogens with zero attached hydrogens (tertiary/aromatic N) is 4. The van der Waals surface area contributed by atoms with Crippen LogP contribution in [0, 0.1) is 20.8 Å². The first-order valence-electron chi connectivity index (χ1n) is 9.00. The van der Waals surface area contributed by atoms with Gasteiger partial charge in [-0.15, -0.1) is 0 Å². The average Bonchev–Trinajstić information content (AvgIpc) is 2.97. The van der Waals surface area contributed by atoms with E-state index < -0.39 is 0 Å². The van der Waals surface area contributed by atoms with Crippen molar-refractivity contribution in [2.45, 2.75) is 20.8 Å². The van der Waals surface area contributed by atoms with E-state index in [4.69, 9.17) is 11.6 Å². The number of aromatic nitrogens is 3. The third kappa shape index (κ3) is 3.49. The van der Waals surface area contributed by atoms with E-state index in [-0.39, 0.29) is 0 Å². The number of para-hydroxylation sites is 1. The molecule has 0 saturated carbocycles. The number of rotatable bonds is 4. The third-order valence-electron chi connectivity index (χ3n) is 4.58. The summed E-state index contributed by atoms with van der Waals surface area (Å²) in [5.74, 6) is 0.721. The summed E-state index contributed by atoms with van der Waals surface area (Å²) in [4.78, 5) is 4.69. The highest BCUT2D eigenvalue weighted by molar-refractivity contribution is 6.32. The first-order valence-corrected chi connectivity index (χ1v) is 9.38. The minimum atomic E-state index is 0.521. The van der Waals surface area contributed by atoms with Gasteiger partial charge in [-0.05, 0) is 56.2 Å². The van der Waals surface area contributed by atoms with E-state index in [1.807, 2.05) is 44.2 Å². The molecular formula is C22H20ClN5. The van der Waals surface area contributed by atoms with Crippen molar-refractivity contribution < 1.29 is 0 Å². The fourth-order valence-corrected chi connectivity index (χ4v) is 3.37. The van der Waals surface area contributed by atoms with Gasteiger partial charge >= 0.3 is 0 Å². The molecule has 4 rings (SSSR count). The summed E-state index contributed by atoms with van der Waals surface area (Å²) < 4.78 is 1.71. The molecule has 2 aromatic heterocycles. The Labute approximate surface area is 168 Å². The Morgan fingerprint density at radius 1 is 1.04 bits per heavy atom. The van der Waals surface area contributed by atoms with Crippen LogP contribution in [-0.4, -0.2) is 21.0 Å². The maximum atomic E-state index is 6.54. The van der Waals surface area contributed by atoms with E-state index in [2.05, 4.69) is 51.8 Å². The predicted octanol–water partition coefficient (Wildman–Crippen LogP) is 5.45. The van der Waals surface area contributed by atoms with Crippen molar-refractivity contribution in [3.05, 3.63) is 82.1 Å². The normalized spacial score (nSPS) is 11.4. The van der Waals surface area contributed by atoms with Crippen molar-refractivity contribution in [1.29, 1.82) is 0 Å². The Balaban J connectivity index is 1.61. The van der Waals surface area contributed by atoms with Gasteiger partial charge in [0.1, 0.15) is 11.0 Å². The van der Waals surface area contributed by atoms with Gasteiger partial charge in [0.05, 0.1) is 28.7 Å². The summed E-state index contributed by atoms with van der Waals surface area (Å²) in [6, 6.07) is 18.1. The van der Waals surface area contributed by atoms with Crippen molar-refractivity contribution in [2.24, 2.45) is 5.10 Å². The zero-order valence-electron chi connectivity index (χ0n) is 15.9. The van der Waals surface area contributed by atoms with Crippen LogP contribution in [0.5, 0.6) is 0 Å². The highest BCUT2D eigenvalue weighted by atomic mass is 35.5. The summed E-state index contributed by atoms with van der Waals surface area (Å²) >= 11 is 6.54. The van der Waals surface area contributed by atoms with Gasteiger partial charge in [0.25, 0.3) is 0 Å². The first-order chi connectivity index (χ1) is 13.5. The van der Waals surface area contributed by atoms with Crippen molar-refractivity contribution in [1.82, 2.24) is 14.8 Å². The number of aryl methyl sites for hydroxylation is 3. The minimum Gasteiger partial charge on any atom is -0.261 e. The summed E-state index contributed by atoms with van der Waals surface area (Å²) in [5, 5.41) is 10.5. The molecule has 2 heterocycles. The van der Waals surface area contributed by atoms with Crippen molar-refractivity contribution in [2.75, 3.05) is 5.43 Å². The molecule has 0 unspecified atom stereocenters. The molecule has 6 heteroatoms. The fraction of sp³-hybridized carbons (Fsp3) is 0.136. The Kier molecular flexibility index (Phi) is 4.84. The Morgan fingerprint density at radius 2 is 1.82 bits per heavy atom. The minimum absolute atomic E-state index is 0.521. The summed E-state index contributed by atoms with van der Waals surface area (Å²) in [7, 11) is 0. The van der Waals surface area contributed by atoms with Gasteiger partial charge in [-0.25, -0.2) is 9.67 Å². The molecule has 140 valence electrons. The molecule has 0 spiro atoms. The lowest BCUT2D eigenvalue weighted by Gasteiger charge is -2.07. The smallest absolute Gasteiger partial charge is 0.149 e. The molecule has 5 nitrogen and oxygen atoms in total. The first kappa shape index (κ1) is 18.2. The van der Waals surface area contributed by atoms with Crippen molar-refractivity contribution in [3.8, 4) is 5.69 Å². The molecule has 4 aromatic rings. The summed E-state index contributed by atoms with van der Waals surface area (Å²) in [6.07, 6.45) is 1.69. The number of hydrogen-bond acceptors (Lipinski definition) is 4. The molecule has 0 aliphatic rings. The second kappa shape index (κ2) is 7.44. The van der Waals surface area contributed by atoms with Gasteiger partial charge in [0.2, 0.25) is 0 Å². The SMILES string of the molecule is Cc1ccc2cc(C)c(N/N=C/c3c(C)nn(-c4ccccc4)c3Cl)nc2c1. The largest absolute Gasteiger partial charge is 0.261 e. The van der Waals surface area contributed by atoms with Crippen LogP contribution in [0.2, 0.25) is 5.15 Å². The highest BCUT2D eigenvalue weighted by Crippen LogP contribution is 2.23. The van der Waals surface area contributed by atoms with Crippen molar-refractivity contribution >= 4 is 34.5 Å². The van der Waals surface area contributed by atoms with E-state index >= 15 is 0 Å². The maximum absolute atomic E-state index is 6.54. The number of hydrogen-bond donors (Lipinski definition) is 1. The number of pyridine rings is 1. The van der Waals surface area contributed by atoms with Crippen LogP contribution in [-0.2, 0) is 0 Å². The van der Waals surface area contributed by atoms with Gasteiger partial charge in [-0.3, -0.25) is 5.43 Å². The van der Waals surface area contributed by atoms with E-state index in [1.54, 1.807) is 10.9 Å². The number of fused-ring (bicyclic) bond motifs is 1. The van der Waals surface area contributed by atoms with Crippen LogP contribution < -0.4 is 5.43 Å². The van der Waals surface area contributed by atoms with Crippen LogP contribution in [0.4, 0.5) is 5.82 Å². The molecule has 0 radical (unpaired) electrons. The van der Waals surface area contributed by atoms with Crippen LogP contribution in [0.1, 0.15) is 22.4 Å². The standard InChI is InChI=1S/C22H20ClN5/c1-14-9-10-17-12-15(2)22(25-20(17)11-14)26-24-13-19-16(3)27-28(21(19)23)18-7-5-4-6-8-18/h4-13H,1-3H3,(H,25,26)/b24-13+. The second-order valence-corrected chi connectivity index (χ2v) is 7.12. The average molecular weight is 390 g/mol. The van der Waals surface area contributed by atoms with E-state index in [1.165, 1.54) is 5.56 Å². The number of benzene rings is 2. The van der Waals surface area contributed by atoms with Gasteiger partial charge in [-0.1, -0.05) is 41.9 Å². The second-order valence-electron chi connectivity index (χ2n) is 6.76. The lowest BCUT2D eigenvalue weighted by molar-refractivity contribution is 0.863. The summed E-state index contributed by atoms with van der Waals surface area (Å²) in [6.45, 7) is 5.98. The number of anilines is 1. The third-order valence-corrected chi connectivity index (χ3v) is 4.94. The van der Waals surface area contributed by atoms with E-state index in [0.29, 0.717) is 5.15 Å². The molecule has 0 atom stereocenters. The zero-order chi connectivity index (χ0) is 19.7. The van der Waals surface area contributed by atoms with Crippen LogP contribution >= 0.6 is 11.6 Å². The van der Waals surface area contributed by atoms with Crippen molar-refractivity contribution in [3.63, 3.8) is 0 Å². The molecule has 0 saturated heterocycles. The van der Waals surface area contributed by atoms with Gasteiger partial charge in [0.15, 0.2) is 0 Å². The Bertz CT molecular complexity index is 1180. The molecule has 0 aliphatic carbocycles. The number of nitrogens with one attached hydrogen (secondary N) is 1. The van der Waals surface area contributed by atoms with E-state index in [0.717, 1.165) is 39.2 Å². The molecule has 0 bridgehead atoms. The zero-order valence-corrected chi connectivity index (χ0v) is 16.7. The lowest BCUT2D eigenvalue weighted by atomic mass is 10.1. The number of halogens is 1. The highest BCUT2D eigenvalue weighted by Gasteiger charge is 2.13. The number of hydrazone groups is 1. The molecule has 28 heavy (non-hydrogen) atoms. The quantitative estimate of drug-likeness (QED) is 0.373. The van der Waals surface area contributed by atoms with Gasteiger partial charge in [0, 0.05) is 5.39 Å². The lowest BCUT2D eigenvalue weighted by Crippen LogP contribution is -1.98. The molecule has 2 aromatic carbocycles. The molecule has 0 aliphatic heterocycles. The van der Waals surface area contributed by atoms with Crippen LogP contribution in [0.15, 0.2) is 59.7 Å². The summed E-state index contributed by atoms with van der Waals surface area (Å²) in [5.41, 5.74) is 8.66. The monoisotopic (exact) mass is 389 g/mol.